The van der Waals surface area contributed by atoms with Gasteiger partial charge in [0.15, 0.2) is 0 Å². The molecule has 4 heteroatoms. The summed E-state index contributed by atoms with van der Waals surface area (Å²) in [5.74, 6) is -0.289. The number of hydrogen-bond donors (Lipinski definition) is 1. The molecule has 104 valence electrons. The van der Waals surface area contributed by atoms with Crippen molar-refractivity contribution in [3.05, 3.63) is 71.5 Å². The Morgan fingerprint density at radius 2 is 1.90 bits per heavy atom. The molecule has 4 nitrogen and oxygen atoms in total. The fraction of sp³-hybridized carbons (Fsp3) is 0.0588. The number of hydrazone groups is 1. The summed E-state index contributed by atoms with van der Waals surface area (Å²) in [6.07, 6.45) is 3.06. The zero-order valence-electron chi connectivity index (χ0n) is 11.5. The van der Waals surface area contributed by atoms with Crippen LogP contribution < -0.4 is 5.43 Å². The van der Waals surface area contributed by atoms with Crippen molar-refractivity contribution in [2.45, 2.75) is 6.92 Å². The van der Waals surface area contributed by atoms with Gasteiger partial charge in [-0.3, -0.25) is 4.79 Å². The summed E-state index contributed by atoms with van der Waals surface area (Å²) in [5, 5.41) is 4.75. The molecular weight excluding hydrogens is 264 g/mol. The number of nitrogens with one attached hydrogen (secondary N) is 1. The van der Waals surface area contributed by atoms with Crippen molar-refractivity contribution in [1.29, 1.82) is 0 Å². The van der Waals surface area contributed by atoms with Gasteiger partial charge in [-0.1, -0.05) is 48.0 Å². The van der Waals surface area contributed by atoms with Crippen LogP contribution in [0.4, 0.5) is 0 Å². The highest BCUT2D eigenvalue weighted by Gasteiger charge is 2.12. The zero-order valence-corrected chi connectivity index (χ0v) is 11.5. The third-order valence-electron chi connectivity index (χ3n) is 3.18. The topological polar surface area (TPSA) is 54.6 Å². The molecule has 1 N–H and O–H groups in total. The van der Waals surface area contributed by atoms with Crippen LogP contribution in [0.2, 0.25) is 0 Å². The SMILES string of the molecule is Cc1ccc(/C=N/NC(=O)c2coc3ccccc23)cc1. The largest absolute Gasteiger partial charge is 0.463 e. The van der Waals surface area contributed by atoms with E-state index in [-0.39, 0.29) is 5.91 Å². The third-order valence-corrected chi connectivity index (χ3v) is 3.18. The normalized spacial score (nSPS) is 11.1. The molecule has 0 spiro atoms. The molecular formula is C17H14N2O2. The molecule has 0 atom stereocenters. The van der Waals surface area contributed by atoms with Crippen LogP contribution in [-0.4, -0.2) is 12.1 Å². The molecule has 1 aromatic heterocycles. The van der Waals surface area contributed by atoms with Crippen molar-refractivity contribution in [3.63, 3.8) is 0 Å². The van der Waals surface area contributed by atoms with Gasteiger partial charge in [-0.25, -0.2) is 5.43 Å². The van der Waals surface area contributed by atoms with Crippen LogP contribution in [0.1, 0.15) is 21.5 Å². The Bertz CT molecular complexity index is 801. The molecule has 0 aliphatic carbocycles. The Kier molecular flexibility index (Phi) is 3.51. The maximum atomic E-state index is 12.1. The first-order chi connectivity index (χ1) is 10.2. The van der Waals surface area contributed by atoms with Crippen molar-refractivity contribution in [2.75, 3.05) is 0 Å². The minimum Gasteiger partial charge on any atom is -0.463 e. The number of benzene rings is 2. The van der Waals surface area contributed by atoms with E-state index in [0.717, 1.165) is 10.9 Å². The molecule has 2 aromatic carbocycles. The smallest absolute Gasteiger partial charge is 0.275 e. The predicted octanol–water partition coefficient (Wildman–Crippen LogP) is 3.51. The van der Waals surface area contributed by atoms with Gasteiger partial charge in [0.1, 0.15) is 11.8 Å². The van der Waals surface area contributed by atoms with Crippen molar-refractivity contribution in [3.8, 4) is 0 Å². The Balaban J connectivity index is 1.73. The van der Waals surface area contributed by atoms with Crippen molar-refractivity contribution < 1.29 is 9.21 Å². The highest BCUT2D eigenvalue weighted by atomic mass is 16.3. The second-order valence-electron chi connectivity index (χ2n) is 4.76. The molecule has 21 heavy (non-hydrogen) atoms. The van der Waals surface area contributed by atoms with E-state index in [2.05, 4.69) is 10.5 Å². The second kappa shape index (κ2) is 5.63. The average molecular weight is 278 g/mol. The Labute approximate surface area is 122 Å². The highest BCUT2D eigenvalue weighted by Crippen LogP contribution is 2.20. The first-order valence-corrected chi connectivity index (χ1v) is 6.60. The van der Waals surface area contributed by atoms with Crippen LogP contribution in [0.25, 0.3) is 11.0 Å². The number of carbonyl (C=O) groups is 1. The van der Waals surface area contributed by atoms with Crippen LogP contribution in [-0.2, 0) is 0 Å². The molecule has 1 heterocycles. The Morgan fingerprint density at radius 1 is 1.14 bits per heavy atom. The number of amides is 1. The van der Waals surface area contributed by atoms with E-state index in [0.29, 0.717) is 11.1 Å². The van der Waals surface area contributed by atoms with E-state index in [1.54, 1.807) is 6.21 Å². The van der Waals surface area contributed by atoms with E-state index in [1.165, 1.54) is 11.8 Å². The van der Waals surface area contributed by atoms with Crippen LogP contribution in [0.5, 0.6) is 0 Å². The zero-order chi connectivity index (χ0) is 14.7. The fourth-order valence-corrected chi connectivity index (χ4v) is 2.03. The maximum Gasteiger partial charge on any atom is 0.275 e. The minimum absolute atomic E-state index is 0.289. The first kappa shape index (κ1) is 13.1. The maximum absolute atomic E-state index is 12.1. The summed E-state index contributed by atoms with van der Waals surface area (Å²) in [6, 6.07) is 15.3. The van der Waals surface area contributed by atoms with Gasteiger partial charge >= 0.3 is 0 Å². The fourth-order valence-electron chi connectivity index (χ4n) is 2.03. The molecule has 3 aromatic rings. The number of fused-ring (bicyclic) bond motifs is 1. The number of carbonyl (C=O) groups excluding carboxylic acids is 1. The highest BCUT2D eigenvalue weighted by molar-refractivity contribution is 6.06. The number of furan rings is 1. The predicted molar refractivity (Wildman–Crippen MR) is 82.5 cm³/mol. The van der Waals surface area contributed by atoms with Gasteiger partial charge in [0.25, 0.3) is 5.91 Å². The van der Waals surface area contributed by atoms with E-state index in [1.807, 2.05) is 55.5 Å². The lowest BCUT2D eigenvalue weighted by molar-refractivity contribution is 0.0956. The van der Waals surface area contributed by atoms with Gasteiger partial charge in [0.2, 0.25) is 0 Å². The quantitative estimate of drug-likeness (QED) is 0.589. The third kappa shape index (κ3) is 2.84. The molecule has 0 fully saturated rings. The molecule has 0 unspecified atom stereocenters. The summed E-state index contributed by atoms with van der Waals surface area (Å²) in [4.78, 5) is 12.1. The van der Waals surface area contributed by atoms with E-state index in [4.69, 9.17) is 4.42 Å². The summed E-state index contributed by atoms with van der Waals surface area (Å²) >= 11 is 0. The summed E-state index contributed by atoms with van der Waals surface area (Å²) < 4.78 is 5.34. The van der Waals surface area contributed by atoms with Crippen molar-refractivity contribution in [1.82, 2.24) is 5.43 Å². The molecule has 0 saturated heterocycles. The van der Waals surface area contributed by atoms with E-state index in [9.17, 15) is 4.79 Å². The second-order valence-corrected chi connectivity index (χ2v) is 4.76. The van der Waals surface area contributed by atoms with Gasteiger partial charge in [0, 0.05) is 5.39 Å². The van der Waals surface area contributed by atoms with Gasteiger partial charge in [-0.15, -0.1) is 0 Å². The molecule has 3 rings (SSSR count). The molecule has 1 amide bonds. The van der Waals surface area contributed by atoms with Crippen LogP contribution in [0.3, 0.4) is 0 Å². The number of hydrogen-bond acceptors (Lipinski definition) is 3. The summed E-state index contributed by atoms with van der Waals surface area (Å²) in [7, 11) is 0. The lowest BCUT2D eigenvalue weighted by atomic mass is 10.2. The van der Waals surface area contributed by atoms with E-state index < -0.39 is 0 Å². The van der Waals surface area contributed by atoms with Crippen LogP contribution in [0, 0.1) is 6.92 Å². The van der Waals surface area contributed by atoms with Crippen LogP contribution in [0.15, 0.2) is 64.3 Å². The van der Waals surface area contributed by atoms with Crippen molar-refractivity contribution >= 4 is 23.1 Å². The number of para-hydroxylation sites is 1. The Hall–Kier alpha value is -2.88. The Morgan fingerprint density at radius 3 is 2.71 bits per heavy atom. The number of nitrogens with zero attached hydrogens (tertiary/aromatic N) is 1. The van der Waals surface area contributed by atoms with Crippen LogP contribution >= 0.6 is 0 Å². The monoisotopic (exact) mass is 278 g/mol. The summed E-state index contributed by atoms with van der Waals surface area (Å²) in [6.45, 7) is 2.02. The summed E-state index contributed by atoms with van der Waals surface area (Å²) in [5.41, 5.74) is 5.78. The van der Waals surface area contributed by atoms with E-state index >= 15 is 0 Å². The average Bonchev–Trinajstić information content (AvgIpc) is 2.93. The van der Waals surface area contributed by atoms with Gasteiger partial charge < -0.3 is 4.42 Å². The lowest BCUT2D eigenvalue weighted by Crippen LogP contribution is -2.17. The first-order valence-electron chi connectivity index (χ1n) is 6.60. The van der Waals surface area contributed by atoms with Crippen molar-refractivity contribution in [2.24, 2.45) is 5.10 Å². The van der Waals surface area contributed by atoms with Gasteiger partial charge in [-0.2, -0.15) is 5.10 Å². The molecule has 0 radical (unpaired) electrons. The molecule has 0 aliphatic rings. The minimum atomic E-state index is -0.289. The molecule has 0 aliphatic heterocycles. The lowest BCUT2D eigenvalue weighted by Gasteiger charge is -1.97. The molecule has 0 saturated carbocycles. The molecule has 0 bridgehead atoms. The van der Waals surface area contributed by atoms with Gasteiger partial charge in [-0.05, 0) is 18.6 Å². The number of aryl methyl sites for hydroxylation is 1. The standard InChI is InChI=1S/C17H14N2O2/c1-12-6-8-13(9-7-12)10-18-19-17(20)15-11-21-16-5-3-2-4-14(15)16/h2-11H,1H3,(H,19,20)/b18-10+. The van der Waals surface area contributed by atoms with Gasteiger partial charge in [0.05, 0.1) is 11.8 Å². The number of rotatable bonds is 3.